The summed E-state index contributed by atoms with van der Waals surface area (Å²) in [6.07, 6.45) is 2.52. The highest BCUT2D eigenvalue weighted by atomic mass is 35.5. The van der Waals surface area contributed by atoms with Gasteiger partial charge in [0.05, 0.1) is 0 Å². The molecule has 1 aromatic rings. The SMILES string of the molecule is Cl.Nc1ccc(CCNC(=O)C2CCOCC2)cc1. The van der Waals surface area contributed by atoms with E-state index in [0.717, 1.165) is 24.9 Å². The van der Waals surface area contributed by atoms with E-state index in [-0.39, 0.29) is 24.2 Å². The molecule has 2 rings (SSSR count). The van der Waals surface area contributed by atoms with Crippen LogP contribution in [0.1, 0.15) is 18.4 Å². The van der Waals surface area contributed by atoms with Crippen molar-refractivity contribution in [3.05, 3.63) is 29.8 Å². The van der Waals surface area contributed by atoms with E-state index in [4.69, 9.17) is 10.5 Å². The first kappa shape index (κ1) is 15.8. The van der Waals surface area contributed by atoms with E-state index in [1.807, 2.05) is 24.3 Å². The first-order valence-corrected chi connectivity index (χ1v) is 6.45. The minimum absolute atomic E-state index is 0. The number of nitrogens with two attached hydrogens (primary N) is 1. The van der Waals surface area contributed by atoms with Crippen LogP contribution < -0.4 is 11.1 Å². The van der Waals surface area contributed by atoms with Gasteiger partial charge in [0.2, 0.25) is 5.91 Å². The molecule has 5 heteroatoms. The van der Waals surface area contributed by atoms with Gasteiger partial charge in [0, 0.05) is 31.4 Å². The lowest BCUT2D eigenvalue weighted by atomic mass is 9.99. The molecule has 1 heterocycles. The van der Waals surface area contributed by atoms with E-state index >= 15 is 0 Å². The Morgan fingerprint density at radius 3 is 2.53 bits per heavy atom. The fourth-order valence-electron chi connectivity index (χ4n) is 2.12. The summed E-state index contributed by atoms with van der Waals surface area (Å²) in [7, 11) is 0. The van der Waals surface area contributed by atoms with Gasteiger partial charge in [0.1, 0.15) is 0 Å². The molecular weight excluding hydrogens is 264 g/mol. The zero-order valence-corrected chi connectivity index (χ0v) is 11.7. The number of rotatable bonds is 4. The number of hydrogen-bond donors (Lipinski definition) is 2. The molecule has 1 aliphatic rings. The highest BCUT2D eigenvalue weighted by molar-refractivity contribution is 5.85. The number of nitrogens with one attached hydrogen (secondary N) is 1. The van der Waals surface area contributed by atoms with Crippen LogP contribution in [0.4, 0.5) is 5.69 Å². The van der Waals surface area contributed by atoms with E-state index in [0.29, 0.717) is 19.8 Å². The van der Waals surface area contributed by atoms with Gasteiger partial charge in [-0.05, 0) is 37.0 Å². The molecule has 0 unspecified atom stereocenters. The standard InChI is InChI=1S/C14H20N2O2.ClH/c15-13-3-1-11(2-4-13)5-8-16-14(17)12-6-9-18-10-7-12;/h1-4,12H,5-10,15H2,(H,16,17);1H. The summed E-state index contributed by atoms with van der Waals surface area (Å²) in [5.41, 5.74) is 7.58. The van der Waals surface area contributed by atoms with Crippen molar-refractivity contribution in [2.45, 2.75) is 19.3 Å². The quantitative estimate of drug-likeness (QED) is 0.829. The topological polar surface area (TPSA) is 64.3 Å². The van der Waals surface area contributed by atoms with Crippen molar-refractivity contribution in [3.63, 3.8) is 0 Å². The molecule has 1 aliphatic heterocycles. The maximum absolute atomic E-state index is 11.9. The second-order valence-electron chi connectivity index (χ2n) is 4.67. The Kier molecular flexibility index (Phi) is 6.67. The number of ether oxygens (including phenoxy) is 1. The van der Waals surface area contributed by atoms with Crippen LogP contribution in [0.3, 0.4) is 0 Å². The zero-order chi connectivity index (χ0) is 12.8. The molecule has 4 nitrogen and oxygen atoms in total. The lowest BCUT2D eigenvalue weighted by Crippen LogP contribution is -2.35. The van der Waals surface area contributed by atoms with Gasteiger partial charge in [-0.3, -0.25) is 4.79 Å². The lowest BCUT2D eigenvalue weighted by Gasteiger charge is -2.21. The third kappa shape index (κ3) is 5.09. The number of hydrogen-bond acceptors (Lipinski definition) is 3. The summed E-state index contributed by atoms with van der Waals surface area (Å²) in [5, 5.41) is 2.99. The van der Waals surface area contributed by atoms with Crippen LogP contribution in [0, 0.1) is 5.92 Å². The largest absolute Gasteiger partial charge is 0.399 e. The van der Waals surface area contributed by atoms with Gasteiger partial charge in [-0.15, -0.1) is 12.4 Å². The van der Waals surface area contributed by atoms with Gasteiger partial charge in [-0.2, -0.15) is 0 Å². The smallest absolute Gasteiger partial charge is 0.223 e. The molecule has 1 saturated heterocycles. The van der Waals surface area contributed by atoms with Crippen LogP contribution in [0.5, 0.6) is 0 Å². The molecule has 1 aromatic carbocycles. The molecule has 0 bridgehead atoms. The first-order chi connectivity index (χ1) is 8.75. The Hall–Kier alpha value is -1.26. The summed E-state index contributed by atoms with van der Waals surface area (Å²) in [5.74, 6) is 0.291. The zero-order valence-electron chi connectivity index (χ0n) is 10.9. The molecular formula is C14H21ClN2O2. The molecule has 0 spiro atoms. The van der Waals surface area contributed by atoms with Crippen molar-refractivity contribution in [3.8, 4) is 0 Å². The third-order valence-corrected chi connectivity index (χ3v) is 3.28. The number of carbonyl (C=O) groups excluding carboxylic acids is 1. The fourth-order valence-corrected chi connectivity index (χ4v) is 2.12. The van der Waals surface area contributed by atoms with Crippen molar-refractivity contribution >= 4 is 24.0 Å². The number of amides is 1. The van der Waals surface area contributed by atoms with Crippen LogP contribution >= 0.6 is 12.4 Å². The van der Waals surface area contributed by atoms with Gasteiger partial charge >= 0.3 is 0 Å². The highest BCUT2D eigenvalue weighted by Crippen LogP contribution is 2.14. The number of nitrogen functional groups attached to an aromatic ring is 1. The monoisotopic (exact) mass is 284 g/mol. The van der Waals surface area contributed by atoms with Gasteiger partial charge in [0.15, 0.2) is 0 Å². The maximum Gasteiger partial charge on any atom is 0.223 e. The van der Waals surface area contributed by atoms with Crippen LogP contribution in [-0.4, -0.2) is 25.7 Å². The molecule has 1 amide bonds. The number of halogens is 1. The molecule has 3 N–H and O–H groups in total. The van der Waals surface area contributed by atoms with Crippen LogP contribution in [0.2, 0.25) is 0 Å². The maximum atomic E-state index is 11.9. The average Bonchev–Trinajstić information content (AvgIpc) is 2.42. The number of benzene rings is 1. The Balaban J connectivity index is 0.00000180. The Morgan fingerprint density at radius 2 is 1.89 bits per heavy atom. The summed E-state index contributed by atoms with van der Waals surface area (Å²) in [6.45, 7) is 2.09. The molecule has 0 radical (unpaired) electrons. The van der Waals surface area contributed by atoms with E-state index in [1.54, 1.807) is 0 Å². The number of anilines is 1. The predicted molar refractivity (Wildman–Crippen MR) is 78.4 cm³/mol. The predicted octanol–water partition coefficient (Wildman–Crippen LogP) is 1.78. The second-order valence-corrected chi connectivity index (χ2v) is 4.67. The van der Waals surface area contributed by atoms with E-state index in [1.165, 1.54) is 5.56 Å². The van der Waals surface area contributed by atoms with Gasteiger partial charge in [-0.1, -0.05) is 12.1 Å². The Labute approximate surface area is 120 Å². The molecule has 0 saturated carbocycles. The summed E-state index contributed by atoms with van der Waals surface area (Å²) in [4.78, 5) is 11.9. The van der Waals surface area contributed by atoms with Crippen molar-refractivity contribution in [1.82, 2.24) is 5.32 Å². The van der Waals surface area contributed by atoms with Crippen LogP contribution in [0.15, 0.2) is 24.3 Å². The second kappa shape index (κ2) is 8.02. The highest BCUT2D eigenvalue weighted by Gasteiger charge is 2.20. The Morgan fingerprint density at radius 1 is 1.26 bits per heavy atom. The van der Waals surface area contributed by atoms with E-state index in [2.05, 4.69) is 5.32 Å². The van der Waals surface area contributed by atoms with Gasteiger partial charge < -0.3 is 15.8 Å². The van der Waals surface area contributed by atoms with Crippen LogP contribution in [-0.2, 0) is 16.0 Å². The van der Waals surface area contributed by atoms with Gasteiger partial charge in [-0.25, -0.2) is 0 Å². The third-order valence-electron chi connectivity index (χ3n) is 3.28. The fraction of sp³-hybridized carbons (Fsp3) is 0.500. The van der Waals surface area contributed by atoms with Crippen LogP contribution in [0.25, 0.3) is 0 Å². The summed E-state index contributed by atoms with van der Waals surface area (Å²) < 4.78 is 5.24. The minimum atomic E-state index is 0. The molecule has 106 valence electrons. The van der Waals surface area contributed by atoms with Crippen molar-refractivity contribution in [2.24, 2.45) is 5.92 Å². The Bertz CT molecular complexity index is 389. The minimum Gasteiger partial charge on any atom is -0.399 e. The van der Waals surface area contributed by atoms with Crippen molar-refractivity contribution in [2.75, 3.05) is 25.5 Å². The summed E-state index contributed by atoms with van der Waals surface area (Å²) in [6, 6.07) is 7.76. The van der Waals surface area contributed by atoms with Gasteiger partial charge in [0.25, 0.3) is 0 Å². The normalized spacial score (nSPS) is 15.6. The molecule has 0 aliphatic carbocycles. The molecule has 19 heavy (non-hydrogen) atoms. The van der Waals surface area contributed by atoms with Crippen molar-refractivity contribution < 1.29 is 9.53 Å². The molecule has 0 atom stereocenters. The van der Waals surface area contributed by atoms with E-state index in [9.17, 15) is 4.79 Å². The average molecular weight is 285 g/mol. The molecule has 1 fully saturated rings. The lowest BCUT2D eigenvalue weighted by molar-refractivity contribution is -0.127. The summed E-state index contributed by atoms with van der Waals surface area (Å²) >= 11 is 0. The van der Waals surface area contributed by atoms with E-state index < -0.39 is 0 Å². The molecule has 0 aromatic heterocycles. The number of carbonyl (C=O) groups is 1. The van der Waals surface area contributed by atoms with Crippen molar-refractivity contribution in [1.29, 1.82) is 0 Å². The first-order valence-electron chi connectivity index (χ1n) is 6.45.